The Kier molecular flexibility index (Phi) is 6.22. The van der Waals surface area contributed by atoms with Crippen LogP contribution in [0.4, 0.5) is 5.69 Å². The average Bonchev–Trinajstić information content (AvgIpc) is 2.38. The molecule has 5 nitrogen and oxygen atoms in total. The summed E-state index contributed by atoms with van der Waals surface area (Å²) in [5, 5.41) is 8.87. The molecule has 0 saturated heterocycles. The zero-order valence-corrected chi connectivity index (χ0v) is 15.0. The quantitative estimate of drug-likeness (QED) is 0.635. The first kappa shape index (κ1) is 18.4. The molecular formula is C14H23BrN2O3S. The molecule has 1 aromatic carbocycles. The van der Waals surface area contributed by atoms with Gasteiger partial charge in [0.25, 0.3) is 0 Å². The lowest BCUT2D eigenvalue weighted by atomic mass is 9.88. The molecule has 0 heterocycles. The molecule has 7 heteroatoms. The Labute approximate surface area is 135 Å². The largest absolute Gasteiger partial charge is 0.398 e. The van der Waals surface area contributed by atoms with Gasteiger partial charge in [-0.15, -0.1) is 0 Å². The molecule has 0 unspecified atom stereocenters. The number of nitrogens with two attached hydrogens (primary N) is 1. The normalized spacial score (nSPS) is 12.6. The zero-order chi connectivity index (χ0) is 16.3. The molecule has 0 fully saturated rings. The molecule has 21 heavy (non-hydrogen) atoms. The van der Waals surface area contributed by atoms with E-state index in [0.29, 0.717) is 28.7 Å². The van der Waals surface area contributed by atoms with Crippen molar-refractivity contribution in [3.63, 3.8) is 0 Å². The molecule has 4 N–H and O–H groups in total. The van der Waals surface area contributed by atoms with Gasteiger partial charge in [0, 0.05) is 23.3 Å². The molecule has 0 amide bonds. The van der Waals surface area contributed by atoms with Gasteiger partial charge in [0.1, 0.15) is 0 Å². The van der Waals surface area contributed by atoms with Crippen LogP contribution in [0.15, 0.2) is 21.5 Å². The van der Waals surface area contributed by atoms with Gasteiger partial charge in [-0.3, -0.25) is 0 Å². The SMILES string of the molecule is Cc1cc(Br)c(N)cc1S(=O)(=O)NCC(C)(C)CCCO. The average molecular weight is 379 g/mol. The molecule has 0 bridgehead atoms. The number of benzene rings is 1. The summed E-state index contributed by atoms with van der Waals surface area (Å²) in [4.78, 5) is 0.196. The van der Waals surface area contributed by atoms with Gasteiger partial charge in [-0.05, 0) is 58.8 Å². The molecular weight excluding hydrogens is 356 g/mol. The van der Waals surface area contributed by atoms with Crippen LogP contribution in [0.2, 0.25) is 0 Å². The number of rotatable bonds is 7. The topological polar surface area (TPSA) is 92.4 Å². The Morgan fingerprint density at radius 2 is 2.00 bits per heavy atom. The molecule has 0 aliphatic carbocycles. The maximum Gasteiger partial charge on any atom is 0.240 e. The number of aryl methyl sites for hydroxylation is 1. The van der Waals surface area contributed by atoms with Crippen molar-refractivity contribution < 1.29 is 13.5 Å². The van der Waals surface area contributed by atoms with Gasteiger partial charge in [-0.25, -0.2) is 13.1 Å². The second-order valence-electron chi connectivity index (χ2n) is 5.96. The minimum atomic E-state index is -3.60. The highest BCUT2D eigenvalue weighted by molar-refractivity contribution is 9.10. The second kappa shape index (κ2) is 7.09. The van der Waals surface area contributed by atoms with E-state index in [-0.39, 0.29) is 16.9 Å². The van der Waals surface area contributed by atoms with Gasteiger partial charge < -0.3 is 10.8 Å². The minimum absolute atomic E-state index is 0.110. The van der Waals surface area contributed by atoms with E-state index in [9.17, 15) is 8.42 Å². The summed E-state index contributed by atoms with van der Waals surface area (Å²) < 4.78 is 28.1. The molecule has 120 valence electrons. The number of hydrogen-bond acceptors (Lipinski definition) is 4. The Hall–Kier alpha value is -0.630. The van der Waals surface area contributed by atoms with Crippen molar-refractivity contribution >= 4 is 31.6 Å². The van der Waals surface area contributed by atoms with E-state index in [4.69, 9.17) is 10.8 Å². The van der Waals surface area contributed by atoms with Crippen LogP contribution in [0.3, 0.4) is 0 Å². The first-order valence-corrected chi connectivity index (χ1v) is 9.03. The van der Waals surface area contributed by atoms with E-state index in [1.165, 1.54) is 6.07 Å². The molecule has 0 radical (unpaired) electrons. The third-order valence-corrected chi connectivity index (χ3v) is 5.57. The second-order valence-corrected chi connectivity index (χ2v) is 8.54. The smallest absolute Gasteiger partial charge is 0.240 e. The highest BCUT2D eigenvalue weighted by atomic mass is 79.9. The molecule has 0 aliphatic heterocycles. The number of aliphatic hydroxyl groups is 1. The van der Waals surface area contributed by atoms with E-state index < -0.39 is 10.0 Å². The number of nitrogens with one attached hydrogen (secondary N) is 1. The van der Waals surface area contributed by atoms with Crippen LogP contribution in [0.25, 0.3) is 0 Å². The monoisotopic (exact) mass is 378 g/mol. The van der Waals surface area contributed by atoms with Gasteiger partial charge in [0.05, 0.1) is 4.90 Å². The van der Waals surface area contributed by atoms with E-state index in [2.05, 4.69) is 20.7 Å². The number of halogens is 1. The number of anilines is 1. The van der Waals surface area contributed by atoms with Crippen molar-refractivity contribution in [1.29, 1.82) is 0 Å². The summed E-state index contributed by atoms with van der Waals surface area (Å²) in [5.74, 6) is 0. The fraction of sp³-hybridized carbons (Fsp3) is 0.571. The van der Waals surface area contributed by atoms with Gasteiger partial charge in [-0.1, -0.05) is 13.8 Å². The molecule has 1 aromatic rings. The van der Waals surface area contributed by atoms with Crippen molar-refractivity contribution in [2.45, 2.75) is 38.5 Å². The molecule has 0 aliphatic rings. The van der Waals surface area contributed by atoms with Gasteiger partial charge in [0.2, 0.25) is 10.0 Å². The maximum absolute atomic E-state index is 12.4. The zero-order valence-electron chi connectivity index (χ0n) is 12.6. The fourth-order valence-electron chi connectivity index (χ4n) is 1.97. The minimum Gasteiger partial charge on any atom is -0.398 e. The Balaban J connectivity index is 2.90. The van der Waals surface area contributed by atoms with Crippen LogP contribution in [-0.4, -0.2) is 26.7 Å². The first-order chi connectivity index (χ1) is 9.59. The van der Waals surface area contributed by atoms with Crippen molar-refractivity contribution in [1.82, 2.24) is 4.72 Å². The summed E-state index contributed by atoms with van der Waals surface area (Å²) >= 11 is 3.28. The van der Waals surface area contributed by atoms with E-state index in [0.717, 1.165) is 6.42 Å². The van der Waals surface area contributed by atoms with Crippen LogP contribution in [-0.2, 0) is 10.0 Å². The highest BCUT2D eigenvalue weighted by Gasteiger charge is 2.23. The lowest BCUT2D eigenvalue weighted by Gasteiger charge is -2.24. The Morgan fingerprint density at radius 3 is 2.57 bits per heavy atom. The molecule has 0 atom stereocenters. The summed E-state index contributed by atoms with van der Waals surface area (Å²) in [6.45, 7) is 6.08. The lowest BCUT2D eigenvalue weighted by molar-refractivity contribution is 0.242. The molecule has 0 aromatic heterocycles. The standard InChI is InChI=1S/C14H23BrN2O3S/c1-10-7-11(15)12(16)8-13(10)21(19,20)17-9-14(2,3)5-4-6-18/h7-8,17-18H,4-6,9,16H2,1-3H3. The van der Waals surface area contributed by atoms with E-state index in [1.807, 2.05) is 13.8 Å². The molecule has 1 rings (SSSR count). The van der Waals surface area contributed by atoms with Crippen LogP contribution in [0.5, 0.6) is 0 Å². The van der Waals surface area contributed by atoms with Gasteiger partial charge in [-0.2, -0.15) is 0 Å². The van der Waals surface area contributed by atoms with Crippen molar-refractivity contribution in [3.05, 3.63) is 22.2 Å². The Bertz CT molecular complexity index is 600. The molecule has 0 saturated carbocycles. The van der Waals surface area contributed by atoms with E-state index >= 15 is 0 Å². The van der Waals surface area contributed by atoms with Gasteiger partial charge in [0.15, 0.2) is 0 Å². The van der Waals surface area contributed by atoms with Crippen molar-refractivity contribution in [3.8, 4) is 0 Å². The Morgan fingerprint density at radius 1 is 1.38 bits per heavy atom. The van der Waals surface area contributed by atoms with Crippen LogP contribution >= 0.6 is 15.9 Å². The van der Waals surface area contributed by atoms with Crippen molar-refractivity contribution in [2.24, 2.45) is 5.41 Å². The highest BCUT2D eigenvalue weighted by Crippen LogP contribution is 2.27. The maximum atomic E-state index is 12.4. The predicted molar refractivity (Wildman–Crippen MR) is 88.6 cm³/mol. The molecule has 0 spiro atoms. The third-order valence-electron chi connectivity index (χ3n) is 3.34. The third kappa shape index (κ3) is 5.25. The predicted octanol–water partition coefficient (Wildman–Crippen LogP) is 2.42. The lowest BCUT2D eigenvalue weighted by Crippen LogP contribution is -2.34. The van der Waals surface area contributed by atoms with Crippen molar-refractivity contribution in [2.75, 3.05) is 18.9 Å². The van der Waals surface area contributed by atoms with Crippen LogP contribution in [0, 0.1) is 12.3 Å². The van der Waals surface area contributed by atoms with Gasteiger partial charge >= 0.3 is 0 Å². The summed E-state index contributed by atoms with van der Waals surface area (Å²) in [7, 11) is -3.60. The van der Waals surface area contributed by atoms with Crippen LogP contribution in [0.1, 0.15) is 32.3 Å². The first-order valence-electron chi connectivity index (χ1n) is 6.75. The number of nitrogen functional groups attached to an aromatic ring is 1. The number of aliphatic hydroxyl groups excluding tert-OH is 1. The fourth-order valence-corrected chi connectivity index (χ4v) is 3.93. The summed E-state index contributed by atoms with van der Waals surface area (Å²) in [6, 6.07) is 3.16. The van der Waals surface area contributed by atoms with E-state index in [1.54, 1.807) is 13.0 Å². The summed E-state index contributed by atoms with van der Waals surface area (Å²) in [5.41, 5.74) is 6.57. The van der Waals surface area contributed by atoms with Crippen LogP contribution < -0.4 is 10.5 Å². The summed E-state index contributed by atoms with van der Waals surface area (Å²) in [6.07, 6.45) is 1.40. The number of sulfonamides is 1. The number of hydrogen-bond donors (Lipinski definition) is 3.